The fourth-order valence-corrected chi connectivity index (χ4v) is 8.63. The van der Waals surface area contributed by atoms with Crippen LogP contribution < -0.4 is 5.32 Å². The van der Waals surface area contributed by atoms with Crippen LogP contribution in [0.15, 0.2) is 24.4 Å². The zero-order valence-corrected chi connectivity index (χ0v) is 25.2. The number of nitrogens with zero attached hydrogens (tertiary/aromatic N) is 3. The molecular weight excluding hydrogens is 534 g/mol. The molecule has 1 aliphatic carbocycles. The van der Waals surface area contributed by atoms with Gasteiger partial charge in [0.15, 0.2) is 0 Å². The third-order valence-corrected chi connectivity index (χ3v) is 10.7. The highest BCUT2D eigenvalue weighted by Crippen LogP contribution is 2.49. The molecule has 10 heteroatoms. The molecule has 7 atom stereocenters. The zero-order valence-electron chi connectivity index (χ0n) is 25.2. The minimum absolute atomic E-state index is 0.116. The average Bonchev–Trinajstić information content (AvgIpc) is 3.65. The number of aromatic amines is 1. The van der Waals surface area contributed by atoms with Gasteiger partial charge in [0.2, 0.25) is 17.5 Å². The van der Waals surface area contributed by atoms with Gasteiger partial charge in [-0.2, -0.15) is 0 Å². The van der Waals surface area contributed by atoms with Gasteiger partial charge in [0.05, 0.1) is 5.92 Å². The van der Waals surface area contributed by atoms with E-state index in [0.717, 1.165) is 18.4 Å². The summed E-state index contributed by atoms with van der Waals surface area (Å²) in [6.45, 7) is 8.73. The number of carbonyl (C=O) groups is 3. The van der Waals surface area contributed by atoms with E-state index in [2.05, 4.69) is 46.6 Å². The first-order valence-electron chi connectivity index (χ1n) is 15.6. The molecule has 5 heterocycles. The highest BCUT2D eigenvalue weighted by atomic mass is 16.7. The highest BCUT2D eigenvalue weighted by Gasteiger charge is 2.72. The summed E-state index contributed by atoms with van der Waals surface area (Å²) < 4.78 is 6.45. The number of amides is 3. The van der Waals surface area contributed by atoms with Gasteiger partial charge in [-0.15, -0.1) is 0 Å². The normalized spacial score (nSPS) is 36.1. The highest BCUT2D eigenvalue weighted by molar-refractivity contribution is 5.97. The first-order valence-corrected chi connectivity index (χ1v) is 15.6. The minimum atomic E-state index is -1.99. The Labute approximate surface area is 246 Å². The van der Waals surface area contributed by atoms with Gasteiger partial charge in [-0.1, -0.05) is 39.8 Å². The largest absolute Gasteiger partial charge is 0.361 e. The van der Waals surface area contributed by atoms with E-state index < -0.39 is 35.5 Å². The molecule has 7 rings (SSSR count). The van der Waals surface area contributed by atoms with E-state index >= 15 is 0 Å². The number of aliphatic hydroxyl groups is 1. The number of aromatic nitrogens is 1. The van der Waals surface area contributed by atoms with Crippen molar-refractivity contribution in [2.75, 3.05) is 20.1 Å². The van der Waals surface area contributed by atoms with Crippen LogP contribution in [-0.2, 0) is 25.5 Å². The van der Waals surface area contributed by atoms with Crippen LogP contribution in [0, 0.1) is 17.8 Å². The summed E-state index contributed by atoms with van der Waals surface area (Å²) in [4.78, 5) is 50.8. The quantitative estimate of drug-likeness (QED) is 0.503. The number of H-pyrrole nitrogens is 1. The summed E-state index contributed by atoms with van der Waals surface area (Å²) in [5, 5.41) is 16.4. The Bertz CT molecular complexity index is 1450. The van der Waals surface area contributed by atoms with Crippen LogP contribution in [-0.4, -0.2) is 92.4 Å². The van der Waals surface area contributed by atoms with Gasteiger partial charge in [-0.25, -0.2) is 0 Å². The molecule has 3 amide bonds. The third-order valence-electron chi connectivity index (χ3n) is 10.7. The van der Waals surface area contributed by atoms with Crippen LogP contribution in [0.4, 0.5) is 0 Å². The van der Waals surface area contributed by atoms with Gasteiger partial charge in [-0.3, -0.25) is 24.0 Å². The van der Waals surface area contributed by atoms with Gasteiger partial charge in [0.1, 0.15) is 12.1 Å². The summed E-state index contributed by atoms with van der Waals surface area (Å²) in [6, 6.07) is 5.13. The summed E-state index contributed by atoms with van der Waals surface area (Å²) in [7, 11) is 2.07. The number of nitrogens with one attached hydrogen (secondary N) is 2. The van der Waals surface area contributed by atoms with Gasteiger partial charge < -0.3 is 25.2 Å². The van der Waals surface area contributed by atoms with E-state index in [1.165, 1.54) is 21.4 Å². The maximum Gasteiger partial charge on any atom is 0.281 e. The molecule has 5 aliphatic rings. The van der Waals surface area contributed by atoms with Crippen LogP contribution in [0.3, 0.4) is 0 Å². The number of piperazine rings is 1. The number of hydrogen-bond donors (Lipinski definition) is 3. The molecule has 1 aromatic heterocycles. The second-order valence-electron chi connectivity index (χ2n) is 14.0. The van der Waals surface area contributed by atoms with Gasteiger partial charge >= 0.3 is 0 Å². The Morgan fingerprint density at radius 3 is 2.76 bits per heavy atom. The number of piperidine rings is 1. The molecule has 4 aliphatic heterocycles. The Kier molecular flexibility index (Phi) is 6.32. The minimum Gasteiger partial charge on any atom is -0.361 e. The molecule has 1 aromatic carbocycles. The van der Waals surface area contributed by atoms with Crippen LogP contribution in [0.5, 0.6) is 0 Å². The van der Waals surface area contributed by atoms with E-state index in [1.807, 2.05) is 27.7 Å². The van der Waals surface area contributed by atoms with Crippen molar-refractivity contribution < 1.29 is 24.2 Å². The molecule has 42 heavy (non-hydrogen) atoms. The lowest BCUT2D eigenvalue weighted by atomic mass is 9.72. The SMILES string of the molecule is CC(C)C[C@H]1C(=O)N2CCC[C@H]2[C@@]2(O)O[C@](NC(=O)[C@@H]3C[C@@H]4c5cccc6[nH]cc(c56)C[C@H]4N(C)C3)(C(C)C)C(=O)N12. The van der Waals surface area contributed by atoms with Crippen LogP contribution in [0.25, 0.3) is 10.9 Å². The fraction of sp³-hybridized carbons (Fsp3) is 0.656. The van der Waals surface area contributed by atoms with Crippen LogP contribution >= 0.6 is 0 Å². The van der Waals surface area contributed by atoms with E-state index in [-0.39, 0.29) is 35.6 Å². The fourth-order valence-electron chi connectivity index (χ4n) is 8.63. The van der Waals surface area contributed by atoms with Crippen molar-refractivity contribution in [3.05, 3.63) is 35.5 Å². The molecule has 0 bridgehead atoms. The predicted molar refractivity (Wildman–Crippen MR) is 156 cm³/mol. The first kappa shape index (κ1) is 27.9. The van der Waals surface area contributed by atoms with Crippen molar-refractivity contribution in [3.63, 3.8) is 0 Å². The molecule has 0 saturated carbocycles. The molecule has 10 nitrogen and oxygen atoms in total. The van der Waals surface area contributed by atoms with E-state index in [4.69, 9.17) is 4.74 Å². The maximum absolute atomic E-state index is 14.4. The van der Waals surface area contributed by atoms with E-state index in [9.17, 15) is 19.5 Å². The summed E-state index contributed by atoms with van der Waals surface area (Å²) in [5.74, 6) is -3.48. The molecule has 0 radical (unpaired) electrons. The summed E-state index contributed by atoms with van der Waals surface area (Å²) in [6.07, 6.45) is 5.36. The zero-order chi connectivity index (χ0) is 29.7. The predicted octanol–water partition coefficient (Wildman–Crippen LogP) is 2.52. The van der Waals surface area contributed by atoms with Crippen LogP contribution in [0.1, 0.15) is 70.4 Å². The molecule has 4 saturated heterocycles. The average molecular weight is 578 g/mol. The standard InChI is InChI=1S/C32H43N5O5/c1-17(2)12-25-29(39)36-11-7-10-26(36)32(41)37(25)30(40)31(42-32,18(3)4)34-28(38)20-13-22-21-8-6-9-23-27(21)19(15-33-23)14-24(22)35(5)16-20/h6,8-9,15,17-18,20,22,24-26,33,41H,7,10-14,16H2,1-5H3,(H,34,38)/t20-,22-,24-,25+,26+,31-,32-/m1/s1. The number of hydrogen-bond acceptors (Lipinski definition) is 6. The van der Waals surface area contributed by atoms with Crippen molar-refractivity contribution in [3.8, 4) is 0 Å². The Morgan fingerprint density at radius 1 is 1.24 bits per heavy atom. The summed E-state index contributed by atoms with van der Waals surface area (Å²) in [5.41, 5.74) is 1.93. The third kappa shape index (κ3) is 3.77. The van der Waals surface area contributed by atoms with Gasteiger partial charge in [-0.05, 0) is 62.3 Å². The number of fused-ring (bicyclic) bond motifs is 5. The van der Waals surface area contributed by atoms with Crippen molar-refractivity contribution in [1.82, 2.24) is 25.0 Å². The molecule has 2 aromatic rings. The topological polar surface area (TPSA) is 118 Å². The van der Waals surface area contributed by atoms with Gasteiger partial charge in [0, 0.05) is 48.1 Å². The first-order chi connectivity index (χ1) is 20.0. The molecule has 4 fully saturated rings. The van der Waals surface area contributed by atoms with Crippen molar-refractivity contribution in [2.24, 2.45) is 17.8 Å². The Morgan fingerprint density at radius 2 is 2.02 bits per heavy atom. The molecular formula is C32H43N5O5. The lowest BCUT2D eigenvalue weighted by Gasteiger charge is -2.49. The smallest absolute Gasteiger partial charge is 0.281 e. The van der Waals surface area contributed by atoms with Crippen LogP contribution in [0.2, 0.25) is 0 Å². The number of ether oxygens (including phenoxy) is 1. The second kappa shape index (κ2) is 9.53. The maximum atomic E-state index is 14.4. The number of likely N-dealkylation sites (N-methyl/N-ethyl adjacent to an activating group) is 1. The van der Waals surface area contributed by atoms with Crippen molar-refractivity contribution >= 4 is 28.6 Å². The number of benzene rings is 1. The molecule has 0 spiro atoms. The van der Waals surface area contributed by atoms with Crippen molar-refractivity contribution in [2.45, 2.75) is 95.5 Å². The monoisotopic (exact) mass is 577 g/mol. The Balaban J connectivity index is 1.20. The summed E-state index contributed by atoms with van der Waals surface area (Å²) >= 11 is 0. The molecule has 3 N–H and O–H groups in total. The molecule has 0 unspecified atom stereocenters. The van der Waals surface area contributed by atoms with Crippen molar-refractivity contribution in [1.29, 1.82) is 0 Å². The lowest BCUT2D eigenvalue weighted by Crippen LogP contribution is -2.71. The number of rotatable bonds is 5. The van der Waals surface area contributed by atoms with Gasteiger partial charge in [0.25, 0.3) is 11.8 Å². The second-order valence-corrected chi connectivity index (χ2v) is 14.0. The molecule has 226 valence electrons. The number of carbonyl (C=O) groups excluding carboxylic acids is 3. The van der Waals surface area contributed by atoms with E-state index in [1.54, 1.807) is 4.90 Å². The van der Waals surface area contributed by atoms with E-state index in [0.29, 0.717) is 32.4 Å². The lowest BCUT2D eigenvalue weighted by molar-refractivity contribution is -0.322. The Hall–Kier alpha value is -2.95. The number of likely N-dealkylation sites (tertiary alicyclic amines) is 1.